The number of hydrogen-bond donors (Lipinski definition) is 2. The van der Waals surface area contributed by atoms with E-state index in [2.05, 4.69) is 15.5 Å². The lowest BCUT2D eigenvalue weighted by molar-refractivity contribution is -0.0167. The van der Waals surface area contributed by atoms with Crippen LogP contribution in [-0.2, 0) is 10.3 Å². The first-order valence-corrected chi connectivity index (χ1v) is 7.12. The summed E-state index contributed by atoms with van der Waals surface area (Å²) in [6.45, 7) is 4.00. The standard InChI is InChI=1S/C13H21N3O3/c1-2-18-10(9-4-5-9)11-15-12(19-16-11)13(17)6-3-7-14-8-13/h9-10,14,17H,2-8H2,1H3. The van der Waals surface area contributed by atoms with E-state index in [1.807, 2.05) is 6.92 Å². The summed E-state index contributed by atoms with van der Waals surface area (Å²) in [5, 5.41) is 17.7. The van der Waals surface area contributed by atoms with Gasteiger partial charge < -0.3 is 19.7 Å². The Morgan fingerprint density at radius 3 is 3.05 bits per heavy atom. The first-order chi connectivity index (χ1) is 9.23. The highest BCUT2D eigenvalue weighted by atomic mass is 16.5. The second-order valence-corrected chi connectivity index (χ2v) is 5.48. The number of β-amino-alcohol motifs (C(OH)–C–C–N with tert-alkyl or cyclic N) is 1. The lowest BCUT2D eigenvalue weighted by atomic mass is 9.94. The minimum atomic E-state index is -1.02. The molecule has 0 amide bonds. The van der Waals surface area contributed by atoms with Gasteiger partial charge in [0.25, 0.3) is 5.89 Å². The summed E-state index contributed by atoms with van der Waals surface area (Å²) in [6, 6.07) is 0. The summed E-state index contributed by atoms with van der Waals surface area (Å²) >= 11 is 0. The molecular formula is C13H21N3O3. The first kappa shape index (κ1) is 13.0. The summed E-state index contributed by atoms with van der Waals surface area (Å²) in [5.41, 5.74) is -1.02. The van der Waals surface area contributed by atoms with Crippen LogP contribution in [0.25, 0.3) is 0 Å². The maximum atomic E-state index is 10.5. The second-order valence-electron chi connectivity index (χ2n) is 5.48. The molecule has 0 spiro atoms. The minimum Gasteiger partial charge on any atom is -0.379 e. The normalized spacial score (nSPS) is 29.4. The van der Waals surface area contributed by atoms with Crippen LogP contribution in [0, 0.1) is 5.92 Å². The summed E-state index contributed by atoms with van der Waals surface area (Å²) in [6.07, 6.45) is 3.79. The highest BCUT2D eigenvalue weighted by Gasteiger charge is 2.40. The number of aromatic nitrogens is 2. The van der Waals surface area contributed by atoms with Crippen LogP contribution in [0.1, 0.15) is 50.4 Å². The third-order valence-electron chi connectivity index (χ3n) is 3.85. The van der Waals surface area contributed by atoms with E-state index in [1.165, 1.54) is 0 Å². The molecule has 106 valence electrons. The number of nitrogens with one attached hydrogen (secondary N) is 1. The van der Waals surface area contributed by atoms with Crippen LogP contribution in [0.5, 0.6) is 0 Å². The fourth-order valence-electron chi connectivity index (χ4n) is 2.61. The molecule has 1 aliphatic carbocycles. The Hall–Kier alpha value is -0.980. The topological polar surface area (TPSA) is 80.4 Å². The zero-order valence-corrected chi connectivity index (χ0v) is 11.3. The molecule has 19 heavy (non-hydrogen) atoms. The van der Waals surface area contributed by atoms with Crippen molar-refractivity contribution < 1.29 is 14.4 Å². The van der Waals surface area contributed by atoms with Crippen molar-refractivity contribution in [3.8, 4) is 0 Å². The Morgan fingerprint density at radius 2 is 2.42 bits per heavy atom. The van der Waals surface area contributed by atoms with Crippen LogP contribution in [0.2, 0.25) is 0 Å². The molecular weight excluding hydrogens is 246 g/mol. The van der Waals surface area contributed by atoms with E-state index in [0.717, 1.165) is 25.8 Å². The molecule has 1 aromatic rings. The number of nitrogens with zero attached hydrogens (tertiary/aromatic N) is 2. The molecule has 6 nitrogen and oxygen atoms in total. The van der Waals surface area contributed by atoms with E-state index in [1.54, 1.807) is 0 Å². The SMILES string of the molecule is CCOC(c1noc(C2(O)CCCNC2)n1)C1CC1. The third kappa shape index (κ3) is 2.66. The number of hydrogen-bond acceptors (Lipinski definition) is 6. The van der Waals surface area contributed by atoms with Gasteiger partial charge in [0.05, 0.1) is 0 Å². The van der Waals surface area contributed by atoms with Crippen LogP contribution >= 0.6 is 0 Å². The van der Waals surface area contributed by atoms with Crippen molar-refractivity contribution in [3.05, 3.63) is 11.7 Å². The fraction of sp³-hybridized carbons (Fsp3) is 0.846. The summed E-state index contributed by atoms with van der Waals surface area (Å²) < 4.78 is 11.0. The van der Waals surface area contributed by atoms with Crippen LogP contribution in [-0.4, -0.2) is 34.9 Å². The third-order valence-corrected chi connectivity index (χ3v) is 3.85. The quantitative estimate of drug-likeness (QED) is 0.832. The number of rotatable bonds is 5. The molecule has 0 bridgehead atoms. The molecule has 2 fully saturated rings. The van der Waals surface area contributed by atoms with E-state index in [0.29, 0.717) is 37.2 Å². The molecule has 1 saturated heterocycles. The van der Waals surface area contributed by atoms with Crippen molar-refractivity contribution in [2.24, 2.45) is 5.92 Å². The number of piperidine rings is 1. The smallest absolute Gasteiger partial charge is 0.260 e. The van der Waals surface area contributed by atoms with Gasteiger partial charge >= 0.3 is 0 Å². The van der Waals surface area contributed by atoms with Crippen LogP contribution in [0.3, 0.4) is 0 Å². The molecule has 1 aliphatic heterocycles. The van der Waals surface area contributed by atoms with Gasteiger partial charge in [-0.3, -0.25) is 0 Å². The van der Waals surface area contributed by atoms with Gasteiger partial charge in [0.1, 0.15) is 6.10 Å². The Kier molecular flexibility index (Phi) is 3.56. The largest absolute Gasteiger partial charge is 0.379 e. The highest BCUT2D eigenvalue weighted by Crippen LogP contribution is 2.42. The molecule has 1 saturated carbocycles. The molecule has 2 heterocycles. The number of aliphatic hydroxyl groups is 1. The predicted molar refractivity (Wildman–Crippen MR) is 67.4 cm³/mol. The van der Waals surface area contributed by atoms with Crippen molar-refractivity contribution >= 4 is 0 Å². The highest BCUT2D eigenvalue weighted by molar-refractivity contribution is 5.05. The molecule has 6 heteroatoms. The molecule has 2 atom stereocenters. The van der Waals surface area contributed by atoms with Crippen LogP contribution in [0.15, 0.2) is 4.52 Å². The maximum Gasteiger partial charge on any atom is 0.260 e. The molecule has 0 aromatic carbocycles. The van der Waals surface area contributed by atoms with Gasteiger partial charge in [-0.15, -0.1) is 0 Å². The molecule has 2 aliphatic rings. The average molecular weight is 267 g/mol. The predicted octanol–water partition coefficient (Wildman–Crippen LogP) is 1.13. The van der Waals surface area contributed by atoms with Crippen molar-refractivity contribution in [2.45, 2.75) is 44.3 Å². The van der Waals surface area contributed by atoms with Gasteiger partial charge in [-0.05, 0) is 45.1 Å². The Labute approximate surface area is 112 Å². The average Bonchev–Trinajstić information content (AvgIpc) is 3.13. The summed E-state index contributed by atoms with van der Waals surface area (Å²) in [5.74, 6) is 1.41. The first-order valence-electron chi connectivity index (χ1n) is 7.12. The zero-order chi connectivity index (χ0) is 13.3. The van der Waals surface area contributed by atoms with Crippen molar-refractivity contribution in [1.82, 2.24) is 15.5 Å². The zero-order valence-electron chi connectivity index (χ0n) is 11.3. The van der Waals surface area contributed by atoms with Crippen LogP contribution < -0.4 is 5.32 Å². The Balaban J connectivity index is 1.77. The van der Waals surface area contributed by atoms with E-state index in [4.69, 9.17) is 9.26 Å². The minimum absolute atomic E-state index is 0.0809. The maximum absolute atomic E-state index is 10.5. The van der Waals surface area contributed by atoms with Crippen molar-refractivity contribution in [3.63, 3.8) is 0 Å². The lowest BCUT2D eigenvalue weighted by Crippen LogP contribution is -2.43. The fourth-order valence-corrected chi connectivity index (χ4v) is 2.61. The van der Waals surface area contributed by atoms with Gasteiger partial charge in [-0.2, -0.15) is 4.98 Å². The van der Waals surface area contributed by atoms with Gasteiger partial charge in [0, 0.05) is 13.2 Å². The van der Waals surface area contributed by atoms with E-state index in [9.17, 15) is 5.11 Å². The second kappa shape index (κ2) is 5.19. The van der Waals surface area contributed by atoms with Gasteiger partial charge in [-0.25, -0.2) is 0 Å². The van der Waals surface area contributed by atoms with Crippen LogP contribution in [0.4, 0.5) is 0 Å². The molecule has 2 N–H and O–H groups in total. The summed E-state index contributed by atoms with van der Waals surface area (Å²) in [7, 11) is 0. The Bertz CT molecular complexity index is 425. The van der Waals surface area contributed by atoms with Gasteiger partial charge in [0.2, 0.25) is 5.82 Å². The molecule has 3 rings (SSSR count). The van der Waals surface area contributed by atoms with Gasteiger partial charge in [0.15, 0.2) is 5.60 Å². The van der Waals surface area contributed by atoms with Gasteiger partial charge in [-0.1, -0.05) is 5.16 Å². The van der Waals surface area contributed by atoms with E-state index in [-0.39, 0.29) is 6.10 Å². The monoisotopic (exact) mass is 267 g/mol. The van der Waals surface area contributed by atoms with Crippen molar-refractivity contribution in [1.29, 1.82) is 0 Å². The molecule has 1 aromatic heterocycles. The van der Waals surface area contributed by atoms with E-state index < -0.39 is 5.60 Å². The lowest BCUT2D eigenvalue weighted by Gasteiger charge is -2.28. The van der Waals surface area contributed by atoms with Crippen molar-refractivity contribution in [2.75, 3.05) is 19.7 Å². The van der Waals surface area contributed by atoms with E-state index >= 15 is 0 Å². The Morgan fingerprint density at radius 1 is 1.58 bits per heavy atom. The molecule has 0 radical (unpaired) electrons. The number of ether oxygens (including phenoxy) is 1. The molecule has 2 unspecified atom stereocenters. The summed E-state index contributed by atoms with van der Waals surface area (Å²) in [4.78, 5) is 4.39.